The van der Waals surface area contributed by atoms with E-state index in [1.54, 1.807) is 0 Å². The summed E-state index contributed by atoms with van der Waals surface area (Å²) >= 11 is 0. The fourth-order valence-electron chi connectivity index (χ4n) is 1.18. The third-order valence-corrected chi connectivity index (χ3v) is 2.22. The smallest absolute Gasteiger partial charge is 0.463 e. The quantitative estimate of drug-likeness (QED) is 0.177. The number of hydrogen-bond donors (Lipinski definition) is 2. The minimum atomic E-state index is -1.56. The summed E-state index contributed by atoms with van der Waals surface area (Å²) < 4.78 is 17.4. The van der Waals surface area contributed by atoms with Gasteiger partial charge in [0, 0.05) is 7.11 Å². The molecule has 0 heterocycles. The van der Waals surface area contributed by atoms with Crippen LogP contribution in [0.15, 0.2) is 0 Å². The highest BCUT2D eigenvalue weighted by molar-refractivity contribution is 5.99. The first kappa shape index (κ1) is 26.4. The monoisotopic (exact) mass is 394 g/mol. The third-order valence-electron chi connectivity index (χ3n) is 2.22. The van der Waals surface area contributed by atoms with E-state index in [4.69, 9.17) is 10.2 Å². The molecule has 0 fully saturated rings. The molecule has 0 aromatic carbocycles. The minimum Gasteiger partial charge on any atom is -0.463 e. The number of carboxylic acid groups (broad SMARTS) is 1. The van der Waals surface area contributed by atoms with E-state index in [-0.39, 0.29) is 25.4 Å². The van der Waals surface area contributed by atoms with Crippen LogP contribution in [-0.2, 0) is 42.9 Å². The second-order valence-corrected chi connectivity index (χ2v) is 4.72. The van der Waals surface area contributed by atoms with Gasteiger partial charge in [-0.1, -0.05) is 0 Å². The van der Waals surface area contributed by atoms with E-state index >= 15 is 0 Å². The molecule has 0 saturated carbocycles. The van der Waals surface area contributed by atoms with Crippen LogP contribution in [0.2, 0.25) is 0 Å². The molecule has 0 saturated heterocycles. The predicted molar refractivity (Wildman–Crippen MR) is 84.8 cm³/mol. The highest BCUT2D eigenvalue weighted by Crippen LogP contribution is 1.91. The predicted octanol–water partition coefficient (Wildman–Crippen LogP) is -1.10. The SMILES string of the molecule is CC(=O)CC(=O)COC(=O)CO.COCCOC(=O)CC(=O)COC(=O)O. The molecule has 0 rings (SSSR count). The lowest BCUT2D eigenvalue weighted by molar-refractivity contribution is -0.151. The summed E-state index contributed by atoms with van der Waals surface area (Å²) in [5.74, 6) is -3.00. The lowest BCUT2D eigenvalue weighted by Gasteiger charge is -2.03. The van der Waals surface area contributed by atoms with Gasteiger partial charge >= 0.3 is 18.1 Å². The van der Waals surface area contributed by atoms with Gasteiger partial charge in [-0.25, -0.2) is 9.59 Å². The molecule has 0 unspecified atom stereocenters. The van der Waals surface area contributed by atoms with E-state index in [9.17, 15) is 28.8 Å². The van der Waals surface area contributed by atoms with Gasteiger partial charge < -0.3 is 29.2 Å². The lowest BCUT2D eigenvalue weighted by Crippen LogP contribution is -2.18. The molecule has 0 aliphatic heterocycles. The van der Waals surface area contributed by atoms with Crippen molar-refractivity contribution in [2.45, 2.75) is 19.8 Å². The molecule has 0 aliphatic rings. The molecule has 0 amide bonds. The fraction of sp³-hybridized carbons (Fsp3) is 0.600. The van der Waals surface area contributed by atoms with E-state index in [1.165, 1.54) is 14.0 Å². The standard InChI is InChI=1S/C8H12O7.C7H10O5/c1-13-2-3-14-7(10)4-6(9)5-15-8(11)12;1-5(9)2-6(10)4-12-7(11)3-8/h2-5H2,1H3,(H,11,12);8H,2-4H2,1H3. The highest BCUT2D eigenvalue weighted by atomic mass is 16.7. The Kier molecular flexibility index (Phi) is 16.2. The van der Waals surface area contributed by atoms with Crippen LogP contribution < -0.4 is 0 Å². The largest absolute Gasteiger partial charge is 0.506 e. The van der Waals surface area contributed by atoms with Crippen LogP contribution in [0, 0.1) is 0 Å². The van der Waals surface area contributed by atoms with Gasteiger partial charge in [0.2, 0.25) is 0 Å². The summed E-state index contributed by atoms with van der Waals surface area (Å²) in [5.41, 5.74) is 0. The van der Waals surface area contributed by atoms with Gasteiger partial charge in [-0.15, -0.1) is 0 Å². The Morgan fingerprint density at radius 3 is 1.81 bits per heavy atom. The molecule has 27 heavy (non-hydrogen) atoms. The van der Waals surface area contributed by atoms with Crippen LogP contribution in [0.3, 0.4) is 0 Å². The zero-order valence-corrected chi connectivity index (χ0v) is 14.9. The summed E-state index contributed by atoms with van der Waals surface area (Å²) in [6.07, 6.45) is -2.30. The number of aliphatic hydroxyl groups is 1. The summed E-state index contributed by atoms with van der Waals surface area (Å²) in [7, 11) is 1.44. The summed E-state index contributed by atoms with van der Waals surface area (Å²) in [6.45, 7) is -0.277. The number of esters is 2. The van der Waals surface area contributed by atoms with Gasteiger partial charge in [-0.3, -0.25) is 19.2 Å². The van der Waals surface area contributed by atoms with Crippen molar-refractivity contribution < 1.29 is 57.9 Å². The first-order valence-corrected chi connectivity index (χ1v) is 7.41. The van der Waals surface area contributed by atoms with Gasteiger partial charge in [0.1, 0.15) is 25.4 Å². The molecule has 0 aromatic heterocycles. The number of aliphatic hydroxyl groups excluding tert-OH is 1. The second kappa shape index (κ2) is 16.6. The van der Waals surface area contributed by atoms with Crippen LogP contribution >= 0.6 is 0 Å². The second-order valence-electron chi connectivity index (χ2n) is 4.72. The number of carbonyl (C=O) groups is 6. The molecule has 12 heteroatoms. The molecule has 0 radical (unpaired) electrons. The van der Waals surface area contributed by atoms with Gasteiger partial charge in [-0.2, -0.15) is 0 Å². The van der Waals surface area contributed by atoms with Gasteiger partial charge in [0.15, 0.2) is 24.8 Å². The van der Waals surface area contributed by atoms with Crippen molar-refractivity contribution in [2.24, 2.45) is 0 Å². The number of Topliss-reactive ketones (excluding diaryl/α,β-unsaturated/α-hetero) is 3. The topological polar surface area (TPSA) is 180 Å². The van der Waals surface area contributed by atoms with E-state index in [0.717, 1.165) is 0 Å². The average Bonchev–Trinajstić information content (AvgIpc) is 2.58. The van der Waals surface area contributed by atoms with E-state index in [1.807, 2.05) is 0 Å². The maximum absolute atomic E-state index is 10.9. The van der Waals surface area contributed by atoms with Crippen LogP contribution in [-0.4, -0.2) is 85.8 Å². The Bertz CT molecular complexity index is 525. The summed E-state index contributed by atoms with van der Waals surface area (Å²) in [4.78, 5) is 63.0. The van der Waals surface area contributed by atoms with Crippen molar-refractivity contribution in [1.82, 2.24) is 0 Å². The zero-order chi connectivity index (χ0) is 21.2. The molecule has 0 atom stereocenters. The van der Waals surface area contributed by atoms with Gasteiger partial charge in [0.05, 0.1) is 13.0 Å². The number of ketones is 3. The summed E-state index contributed by atoms with van der Waals surface area (Å²) in [5, 5.41) is 16.2. The molecule has 12 nitrogen and oxygen atoms in total. The number of methoxy groups -OCH3 is 1. The van der Waals surface area contributed by atoms with E-state index in [0.29, 0.717) is 0 Å². The molecule has 0 aliphatic carbocycles. The maximum atomic E-state index is 10.9. The Balaban J connectivity index is 0. The van der Waals surface area contributed by atoms with Gasteiger partial charge in [0.25, 0.3) is 0 Å². The number of rotatable bonds is 12. The Labute approximate surface area is 154 Å². The number of hydrogen-bond acceptors (Lipinski definition) is 11. The van der Waals surface area contributed by atoms with Crippen LogP contribution in [0.5, 0.6) is 0 Å². The van der Waals surface area contributed by atoms with Crippen molar-refractivity contribution in [3.8, 4) is 0 Å². The first-order chi connectivity index (χ1) is 12.6. The van der Waals surface area contributed by atoms with Crippen molar-refractivity contribution in [2.75, 3.05) is 40.1 Å². The highest BCUT2D eigenvalue weighted by Gasteiger charge is 2.12. The minimum absolute atomic E-state index is 0.0579. The van der Waals surface area contributed by atoms with Crippen LogP contribution in [0.25, 0.3) is 0 Å². The fourth-order valence-corrected chi connectivity index (χ4v) is 1.18. The van der Waals surface area contributed by atoms with Crippen LogP contribution in [0.1, 0.15) is 19.8 Å². The normalized spacial score (nSPS) is 9.30. The zero-order valence-electron chi connectivity index (χ0n) is 14.9. The molecular weight excluding hydrogens is 372 g/mol. The first-order valence-electron chi connectivity index (χ1n) is 7.41. The lowest BCUT2D eigenvalue weighted by atomic mass is 10.2. The van der Waals surface area contributed by atoms with Crippen molar-refractivity contribution >= 4 is 35.4 Å². The number of carbonyl (C=O) groups excluding carboxylic acids is 5. The Morgan fingerprint density at radius 1 is 0.778 bits per heavy atom. The average molecular weight is 394 g/mol. The summed E-state index contributed by atoms with van der Waals surface area (Å²) in [6, 6.07) is 0. The van der Waals surface area contributed by atoms with E-state index < -0.39 is 55.9 Å². The van der Waals surface area contributed by atoms with Crippen molar-refractivity contribution in [1.29, 1.82) is 0 Å². The molecule has 0 spiro atoms. The number of ether oxygens (including phenoxy) is 4. The molecule has 2 N–H and O–H groups in total. The molecule has 0 aromatic rings. The molecule has 0 bridgehead atoms. The van der Waals surface area contributed by atoms with Crippen molar-refractivity contribution in [3.63, 3.8) is 0 Å². The Hall–Kier alpha value is -2.86. The van der Waals surface area contributed by atoms with E-state index in [2.05, 4.69) is 18.9 Å². The van der Waals surface area contributed by atoms with Gasteiger partial charge in [-0.05, 0) is 6.92 Å². The molecule has 154 valence electrons. The third kappa shape index (κ3) is 21.1. The van der Waals surface area contributed by atoms with Crippen LogP contribution in [0.4, 0.5) is 4.79 Å². The maximum Gasteiger partial charge on any atom is 0.506 e. The molecular formula is C15H22O12. The Morgan fingerprint density at radius 2 is 1.33 bits per heavy atom. The van der Waals surface area contributed by atoms with Crippen molar-refractivity contribution in [3.05, 3.63) is 0 Å².